The molecular formula is C40H24N4. The summed E-state index contributed by atoms with van der Waals surface area (Å²) in [6, 6.07) is 51.8. The van der Waals surface area contributed by atoms with Crippen molar-refractivity contribution < 1.29 is 0 Å². The zero-order valence-electron chi connectivity index (χ0n) is 23.6. The Hall–Kier alpha value is -6.00. The van der Waals surface area contributed by atoms with Crippen LogP contribution in [-0.2, 0) is 0 Å². The molecule has 4 heteroatoms. The second-order valence-corrected chi connectivity index (χ2v) is 11.5. The number of rotatable bonds is 2. The van der Waals surface area contributed by atoms with Gasteiger partial charge >= 0.3 is 0 Å². The van der Waals surface area contributed by atoms with E-state index in [1.165, 1.54) is 43.4 Å². The van der Waals surface area contributed by atoms with E-state index in [0.717, 1.165) is 45.1 Å². The zero-order valence-corrected chi connectivity index (χ0v) is 23.6. The first-order chi connectivity index (χ1) is 21.8. The largest absolute Gasteiger partial charge is 0.291 e. The quantitative estimate of drug-likeness (QED) is 0.211. The second-order valence-electron chi connectivity index (χ2n) is 11.5. The van der Waals surface area contributed by atoms with Gasteiger partial charge < -0.3 is 0 Å². The average Bonchev–Trinajstić information content (AvgIpc) is 3.42. The van der Waals surface area contributed by atoms with Crippen LogP contribution in [0.4, 0.5) is 17.2 Å². The summed E-state index contributed by atoms with van der Waals surface area (Å²) in [5.41, 5.74) is 8.57. The summed E-state index contributed by atoms with van der Waals surface area (Å²) in [6.45, 7) is 0. The van der Waals surface area contributed by atoms with Crippen LogP contribution >= 0.6 is 0 Å². The number of anilines is 3. The van der Waals surface area contributed by atoms with Gasteiger partial charge in [0.15, 0.2) is 11.6 Å². The Morgan fingerprint density at radius 3 is 1.70 bits per heavy atom. The molecule has 44 heavy (non-hydrogen) atoms. The molecule has 1 aliphatic heterocycles. The normalized spacial score (nSPS) is 12.5. The van der Waals surface area contributed by atoms with Crippen molar-refractivity contribution in [1.29, 1.82) is 0 Å². The molecular weight excluding hydrogens is 536 g/mol. The van der Waals surface area contributed by atoms with Crippen molar-refractivity contribution in [3.63, 3.8) is 0 Å². The summed E-state index contributed by atoms with van der Waals surface area (Å²) in [7, 11) is 0. The standard InChI is InChI=1S/C40H24N4/c1-2-12-27-24-37-31(23-26(27)11-1)30-17-9-13-25-14-10-22-36(38(25)30)44(37)40-39(41-32-18-5-6-19-33(32)42-40)43-34-20-7-3-15-28(34)29-16-4-8-21-35(29)43/h1-24H. The molecule has 0 atom stereocenters. The molecule has 0 N–H and O–H groups in total. The van der Waals surface area contributed by atoms with Gasteiger partial charge in [-0.3, -0.25) is 9.47 Å². The number of hydrogen-bond donors (Lipinski definition) is 0. The molecule has 7 aromatic carbocycles. The summed E-state index contributed by atoms with van der Waals surface area (Å²) in [6.07, 6.45) is 0. The van der Waals surface area contributed by atoms with Gasteiger partial charge in [-0.25, -0.2) is 9.97 Å². The van der Waals surface area contributed by atoms with Crippen LogP contribution in [0.2, 0.25) is 0 Å². The Balaban J connectivity index is 1.40. The first-order valence-electron chi connectivity index (χ1n) is 14.9. The summed E-state index contributed by atoms with van der Waals surface area (Å²) >= 11 is 0. The lowest BCUT2D eigenvalue weighted by Crippen LogP contribution is -2.19. The van der Waals surface area contributed by atoms with Crippen molar-refractivity contribution in [2.45, 2.75) is 0 Å². The predicted octanol–water partition coefficient (Wildman–Crippen LogP) is 10.5. The number of aromatic nitrogens is 3. The van der Waals surface area contributed by atoms with Crippen LogP contribution in [0, 0.1) is 0 Å². The Kier molecular flexibility index (Phi) is 4.69. The third-order valence-electron chi connectivity index (χ3n) is 9.06. The van der Waals surface area contributed by atoms with Crippen molar-refractivity contribution in [3.05, 3.63) is 146 Å². The SMILES string of the molecule is c1ccc2cc3c(cc2c1)-c1cccc2cccc(c12)N3c1nc2ccccc2nc1-n1c2ccccc2c2ccccc21. The first-order valence-corrected chi connectivity index (χ1v) is 14.9. The van der Waals surface area contributed by atoms with Crippen molar-refractivity contribution >= 4 is 71.6 Å². The summed E-state index contributed by atoms with van der Waals surface area (Å²) in [5.74, 6) is 1.60. The van der Waals surface area contributed by atoms with E-state index in [-0.39, 0.29) is 0 Å². The van der Waals surface area contributed by atoms with E-state index in [1.54, 1.807) is 0 Å². The number of para-hydroxylation sites is 4. The summed E-state index contributed by atoms with van der Waals surface area (Å²) in [5, 5.41) is 7.23. The number of fused-ring (bicyclic) bond motifs is 7. The zero-order chi connectivity index (χ0) is 28.8. The van der Waals surface area contributed by atoms with E-state index < -0.39 is 0 Å². The van der Waals surface area contributed by atoms with Gasteiger partial charge in [0.05, 0.1) is 33.4 Å². The molecule has 0 unspecified atom stereocenters. The minimum absolute atomic E-state index is 0.800. The van der Waals surface area contributed by atoms with Crippen LogP contribution in [0.15, 0.2) is 146 Å². The molecule has 0 amide bonds. The molecule has 10 rings (SSSR count). The molecule has 0 bridgehead atoms. The Morgan fingerprint density at radius 2 is 0.977 bits per heavy atom. The fraction of sp³-hybridized carbons (Fsp3) is 0. The minimum atomic E-state index is 0.800. The molecule has 0 aliphatic carbocycles. The molecule has 0 spiro atoms. The van der Waals surface area contributed by atoms with Crippen molar-refractivity contribution in [1.82, 2.24) is 14.5 Å². The molecule has 0 saturated carbocycles. The smallest absolute Gasteiger partial charge is 0.182 e. The van der Waals surface area contributed by atoms with Gasteiger partial charge in [-0.1, -0.05) is 103 Å². The molecule has 3 heterocycles. The Bertz CT molecular complexity index is 2570. The fourth-order valence-electron chi connectivity index (χ4n) is 7.15. The van der Waals surface area contributed by atoms with Crippen LogP contribution < -0.4 is 4.90 Å². The van der Waals surface area contributed by atoms with Gasteiger partial charge in [0.25, 0.3) is 0 Å². The molecule has 4 nitrogen and oxygen atoms in total. The minimum Gasteiger partial charge on any atom is -0.291 e. The van der Waals surface area contributed by atoms with Gasteiger partial charge in [-0.15, -0.1) is 0 Å². The summed E-state index contributed by atoms with van der Waals surface area (Å²) in [4.78, 5) is 13.2. The van der Waals surface area contributed by atoms with Gasteiger partial charge in [0.2, 0.25) is 0 Å². The Labute approximate surface area is 253 Å². The molecule has 204 valence electrons. The maximum absolute atomic E-state index is 5.45. The second kappa shape index (κ2) is 8.76. The third kappa shape index (κ3) is 3.17. The lowest BCUT2D eigenvalue weighted by molar-refractivity contribution is 1.05. The maximum Gasteiger partial charge on any atom is 0.182 e. The van der Waals surface area contributed by atoms with E-state index in [0.29, 0.717) is 0 Å². The van der Waals surface area contributed by atoms with Crippen LogP contribution in [0.25, 0.3) is 71.3 Å². The van der Waals surface area contributed by atoms with Crippen molar-refractivity contribution in [2.24, 2.45) is 0 Å². The molecule has 0 radical (unpaired) electrons. The highest BCUT2D eigenvalue weighted by Gasteiger charge is 2.31. The van der Waals surface area contributed by atoms with Gasteiger partial charge in [0.1, 0.15) is 0 Å². The average molecular weight is 561 g/mol. The number of benzene rings is 7. The van der Waals surface area contributed by atoms with Crippen LogP contribution in [0.3, 0.4) is 0 Å². The highest BCUT2D eigenvalue weighted by atomic mass is 15.3. The predicted molar refractivity (Wildman–Crippen MR) is 183 cm³/mol. The third-order valence-corrected chi connectivity index (χ3v) is 9.06. The topological polar surface area (TPSA) is 34.0 Å². The monoisotopic (exact) mass is 560 g/mol. The lowest BCUT2D eigenvalue weighted by atomic mass is 9.89. The number of hydrogen-bond acceptors (Lipinski definition) is 3. The summed E-state index contributed by atoms with van der Waals surface area (Å²) < 4.78 is 2.29. The highest BCUT2D eigenvalue weighted by Crippen LogP contribution is 2.52. The van der Waals surface area contributed by atoms with Crippen LogP contribution in [-0.4, -0.2) is 14.5 Å². The highest BCUT2D eigenvalue weighted by molar-refractivity contribution is 6.16. The molecule has 9 aromatic rings. The van der Waals surface area contributed by atoms with Crippen LogP contribution in [0.1, 0.15) is 0 Å². The van der Waals surface area contributed by atoms with Gasteiger partial charge in [0, 0.05) is 21.7 Å². The first kappa shape index (κ1) is 23.6. The molecule has 0 fully saturated rings. The van der Waals surface area contributed by atoms with E-state index in [1.807, 2.05) is 12.1 Å². The van der Waals surface area contributed by atoms with Crippen molar-refractivity contribution in [3.8, 4) is 16.9 Å². The molecule has 2 aromatic heterocycles. The maximum atomic E-state index is 5.45. The van der Waals surface area contributed by atoms with E-state index in [9.17, 15) is 0 Å². The molecule has 0 saturated heterocycles. The van der Waals surface area contributed by atoms with Crippen LogP contribution in [0.5, 0.6) is 0 Å². The fourth-order valence-corrected chi connectivity index (χ4v) is 7.15. The molecule has 1 aliphatic rings. The van der Waals surface area contributed by atoms with Gasteiger partial charge in [-0.2, -0.15) is 0 Å². The van der Waals surface area contributed by atoms with E-state index >= 15 is 0 Å². The van der Waals surface area contributed by atoms with E-state index in [2.05, 4.69) is 143 Å². The number of nitrogens with zero attached hydrogens (tertiary/aromatic N) is 4. The van der Waals surface area contributed by atoms with Gasteiger partial charge in [-0.05, 0) is 64.2 Å². The van der Waals surface area contributed by atoms with E-state index in [4.69, 9.17) is 9.97 Å². The lowest BCUT2D eigenvalue weighted by Gasteiger charge is -2.34. The van der Waals surface area contributed by atoms with Crippen molar-refractivity contribution in [2.75, 3.05) is 4.90 Å². The Morgan fingerprint density at radius 1 is 0.409 bits per heavy atom.